The van der Waals surface area contributed by atoms with Crippen LogP contribution in [0.1, 0.15) is 11.1 Å². The van der Waals surface area contributed by atoms with Gasteiger partial charge in [-0.2, -0.15) is 0 Å². The molecule has 25 heavy (non-hydrogen) atoms. The first-order chi connectivity index (χ1) is 12.0. The van der Waals surface area contributed by atoms with E-state index in [9.17, 15) is 4.39 Å². The normalized spacial score (nSPS) is 10.1. The van der Waals surface area contributed by atoms with Crippen LogP contribution in [-0.2, 0) is 6.54 Å². The zero-order valence-electron chi connectivity index (χ0n) is 14.6. The number of methoxy groups -OCH3 is 3. The minimum Gasteiger partial charge on any atom is -0.496 e. The average molecular weight is 364 g/mol. The Labute approximate surface area is 152 Å². The van der Waals surface area contributed by atoms with Crippen molar-refractivity contribution in [3.63, 3.8) is 0 Å². The fraction of sp³-hybridized carbons (Fsp3) is 0.278. The van der Waals surface area contributed by atoms with Gasteiger partial charge in [-0.3, -0.25) is 0 Å². The van der Waals surface area contributed by atoms with E-state index in [0.29, 0.717) is 40.2 Å². The number of nitrogens with one attached hydrogen (secondary N) is 2. The highest BCUT2D eigenvalue weighted by Gasteiger charge is 2.12. The lowest BCUT2D eigenvalue weighted by Gasteiger charge is -2.16. The fourth-order valence-electron chi connectivity index (χ4n) is 2.25. The summed E-state index contributed by atoms with van der Waals surface area (Å²) in [4.78, 5) is 0. The van der Waals surface area contributed by atoms with Gasteiger partial charge in [-0.05, 0) is 42.9 Å². The molecule has 0 unspecified atom stereocenters. The number of hydrogen-bond acceptors (Lipinski definition) is 4. The molecular formula is C18H21FN2O3S. The maximum atomic E-state index is 13.6. The molecule has 2 aromatic rings. The first kappa shape index (κ1) is 18.8. The van der Waals surface area contributed by atoms with Gasteiger partial charge in [0, 0.05) is 23.9 Å². The van der Waals surface area contributed by atoms with E-state index in [1.807, 2.05) is 6.07 Å². The molecule has 0 fully saturated rings. The van der Waals surface area contributed by atoms with Gasteiger partial charge < -0.3 is 24.8 Å². The molecule has 0 saturated carbocycles. The van der Waals surface area contributed by atoms with E-state index in [2.05, 4.69) is 10.6 Å². The van der Waals surface area contributed by atoms with Crippen molar-refractivity contribution in [1.82, 2.24) is 5.32 Å². The zero-order chi connectivity index (χ0) is 18.4. The quantitative estimate of drug-likeness (QED) is 0.763. The molecule has 0 radical (unpaired) electrons. The molecule has 0 amide bonds. The number of ether oxygens (including phenoxy) is 3. The van der Waals surface area contributed by atoms with E-state index in [1.54, 1.807) is 46.5 Å². The Morgan fingerprint density at radius 3 is 2.24 bits per heavy atom. The number of rotatable bonds is 6. The first-order valence-corrected chi connectivity index (χ1v) is 7.99. The van der Waals surface area contributed by atoms with Crippen molar-refractivity contribution in [2.45, 2.75) is 13.5 Å². The van der Waals surface area contributed by atoms with E-state index in [1.165, 1.54) is 6.07 Å². The van der Waals surface area contributed by atoms with E-state index in [4.69, 9.17) is 26.4 Å². The van der Waals surface area contributed by atoms with Crippen LogP contribution in [0.3, 0.4) is 0 Å². The summed E-state index contributed by atoms with van der Waals surface area (Å²) in [6.45, 7) is 2.11. The van der Waals surface area contributed by atoms with Crippen molar-refractivity contribution < 1.29 is 18.6 Å². The average Bonchev–Trinajstić information content (AvgIpc) is 2.62. The molecule has 134 valence electrons. The van der Waals surface area contributed by atoms with Crippen LogP contribution < -0.4 is 24.8 Å². The Kier molecular flexibility index (Phi) is 6.41. The smallest absolute Gasteiger partial charge is 0.171 e. The summed E-state index contributed by atoms with van der Waals surface area (Å²) in [5.74, 6) is 1.54. The molecule has 0 spiro atoms. The van der Waals surface area contributed by atoms with Gasteiger partial charge in [-0.25, -0.2) is 4.39 Å². The molecule has 2 rings (SSSR count). The molecule has 2 aromatic carbocycles. The molecule has 0 heterocycles. The van der Waals surface area contributed by atoms with E-state index < -0.39 is 0 Å². The fourth-order valence-corrected chi connectivity index (χ4v) is 2.44. The lowest BCUT2D eigenvalue weighted by Crippen LogP contribution is -2.28. The predicted octanol–water partition coefficient (Wildman–Crippen LogP) is 3.65. The Bertz CT molecular complexity index is 768. The van der Waals surface area contributed by atoms with E-state index in [0.717, 1.165) is 5.56 Å². The van der Waals surface area contributed by atoms with Crippen molar-refractivity contribution in [2.24, 2.45) is 0 Å². The standard InChI is InChI=1S/C18H21FN2O3S/c1-11-5-6-13(8-14(11)19)21-18(25)20-10-12-7-16(23-3)17(24-4)9-15(12)22-2/h5-9H,10H2,1-4H3,(H2,20,21,25). The summed E-state index contributed by atoms with van der Waals surface area (Å²) in [7, 11) is 4.71. The third-order valence-electron chi connectivity index (χ3n) is 3.66. The van der Waals surface area contributed by atoms with Gasteiger partial charge in [0.05, 0.1) is 21.3 Å². The van der Waals surface area contributed by atoms with Gasteiger partial charge in [0.2, 0.25) is 0 Å². The molecule has 0 saturated heterocycles. The van der Waals surface area contributed by atoms with Gasteiger partial charge >= 0.3 is 0 Å². The van der Waals surface area contributed by atoms with Crippen molar-refractivity contribution in [3.8, 4) is 17.2 Å². The summed E-state index contributed by atoms with van der Waals surface area (Å²) >= 11 is 5.26. The molecule has 0 aliphatic rings. The third kappa shape index (κ3) is 4.73. The van der Waals surface area contributed by atoms with Gasteiger partial charge in [-0.1, -0.05) is 6.07 Å². The molecule has 0 bridgehead atoms. The lowest BCUT2D eigenvalue weighted by molar-refractivity contribution is 0.347. The SMILES string of the molecule is COc1cc(OC)c(OC)cc1CNC(=S)Nc1ccc(C)c(F)c1. The Morgan fingerprint density at radius 2 is 1.64 bits per heavy atom. The van der Waals surface area contributed by atoms with Crippen LogP contribution in [0.2, 0.25) is 0 Å². The van der Waals surface area contributed by atoms with Crippen LogP contribution >= 0.6 is 12.2 Å². The Morgan fingerprint density at radius 1 is 1.00 bits per heavy atom. The van der Waals surface area contributed by atoms with E-state index >= 15 is 0 Å². The van der Waals surface area contributed by atoms with Crippen LogP contribution in [-0.4, -0.2) is 26.4 Å². The van der Waals surface area contributed by atoms with Crippen LogP contribution in [0.15, 0.2) is 30.3 Å². The minimum atomic E-state index is -0.283. The molecule has 2 N–H and O–H groups in total. The van der Waals surface area contributed by atoms with Crippen molar-refractivity contribution in [3.05, 3.63) is 47.3 Å². The highest BCUT2D eigenvalue weighted by Crippen LogP contribution is 2.34. The number of hydrogen-bond donors (Lipinski definition) is 2. The number of aryl methyl sites for hydroxylation is 1. The van der Waals surface area contributed by atoms with Crippen LogP contribution in [0, 0.1) is 12.7 Å². The van der Waals surface area contributed by atoms with Crippen molar-refractivity contribution in [1.29, 1.82) is 0 Å². The summed E-state index contributed by atoms with van der Waals surface area (Å²) in [6, 6.07) is 8.43. The number of benzene rings is 2. The van der Waals surface area contributed by atoms with Gasteiger partial charge in [0.15, 0.2) is 16.6 Å². The second kappa shape index (κ2) is 8.53. The van der Waals surface area contributed by atoms with Crippen LogP contribution in [0.5, 0.6) is 17.2 Å². The minimum absolute atomic E-state index is 0.283. The maximum Gasteiger partial charge on any atom is 0.171 e. The highest BCUT2D eigenvalue weighted by molar-refractivity contribution is 7.80. The first-order valence-electron chi connectivity index (χ1n) is 7.58. The van der Waals surface area contributed by atoms with Crippen LogP contribution in [0.4, 0.5) is 10.1 Å². The second-order valence-electron chi connectivity index (χ2n) is 5.29. The monoisotopic (exact) mass is 364 g/mol. The Hall–Kier alpha value is -2.54. The van der Waals surface area contributed by atoms with Crippen LogP contribution in [0.25, 0.3) is 0 Å². The van der Waals surface area contributed by atoms with Gasteiger partial charge in [-0.15, -0.1) is 0 Å². The summed E-state index contributed by atoms with van der Waals surface area (Å²) in [5.41, 5.74) is 2.01. The molecule has 5 nitrogen and oxygen atoms in total. The summed E-state index contributed by atoms with van der Waals surface area (Å²) in [6.07, 6.45) is 0. The molecular weight excluding hydrogens is 343 g/mol. The summed E-state index contributed by atoms with van der Waals surface area (Å²) < 4.78 is 29.5. The number of halogens is 1. The van der Waals surface area contributed by atoms with Crippen molar-refractivity contribution >= 4 is 23.0 Å². The molecule has 0 aromatic heterocycles. The Balaban J connectivity index is 2.06. The highest BCUT2D eigenvalue weighted by atomic mass is 32.1. The molecule has 0 aliphatic heterocycles. The number of thiocarbonyl (C=S) groups is 1. The van der Waals surface area contributed by atoms with E-state index in [-0.39, 0.29) is 5.82 Å². The topological polar surface area (TPSA) is 51.8 Å². The van der Waals surface area contributed by atoms with Gasteiger partial charge in [0.1, 0.15) is 11.6 Å². The summed E-state index contributed by atoms with van der Waals surface area (Å²) in [5, 5.41) is 6.39. The van der Waals surface area contributed by atoms with Crippen molar-refractivity contribution in [2.75, 3.05) is 26.6 Å². The largest absolute Gasteiger partial charge is 0.496 e. The lowest BCUT2D eigenvalue weighted by atomic mass is 10.1. The zero-order valence-corrected chi connectivity index (χ0v) is 15.4. The third-order valence-corrected chi connectivity index (χ3v) is 3.90. The molecule has 7 heteroatoms. The number of anilines is 1. The molecule has 0 atom stereocenters. The second-order valence-corrected chi connectivity index (χ2v) is 5.70. The predicted molar refractivity (Wildman–Crippen MR) is 100 cm³/mol. The van der Waals surface area contributed by atoms with Gasteiger partial charge in [0.25, 0.3) is 0 Å². The maximum absolute atomic E-state index is 13.6. The molecule has 0 aliphatic carbocycles.